The van der Waals surface area contributed by atoms with Crippen molar-refractivity contribution in [3.05, 3.63) is 24.5 Å². The van der Waals surface area contributed by atoms with Crippen molar-refractivity contribution in [3.8, 4) is 0 Å². The van der Waals surface area contributed by atoms with Gasteiger partial charge in [-0.3, -0.25) is 9.05 Å². The molecule has 0 heterocycles. The van der Waals surface area contributed by atoms with E-state index in [4.69, 9.17) is 13.6 Å². The number of phosphoric ester groups is 1. The molecular weight excluding hydrogens is 203 g/mol. The van der Waals surface area contributed by atoms with Gasteiger partial charge in [-0.1, -0.05) is 12.7 Å². The molecule has 0 bridgehead atoms. The number of phosphoric acid groups is 1. The van der Waals surface area contributed by atoms with E-state index >= 15 is 0 Å². The molecule has 4 nitrogen and oxygen atoms in total. The maximum Gasteiger partial charge on any atom is 0.530 e. The van der Waals surface area contributed by atoms with Gasteiger partial charge in [-0.25, -0.2) is 4.57 Å². The van der Waals surface area contributed by atoms with Crippen molar-refractivity contribution in [2.24, 2.45) is 0 Å². The summed E-state index contributed by atoms with van der Waals surface area (Å²) in [5, 5.41) is 0. The number of hydrogen-bond acceptors (Lipinski definition) is 4. The zero-order valence-corrected chi connectivity index (χ0v) is 9.75. The van der Waals surface area contributed by atoms with Gasteiger partial charge in [0.2, 0.25) is 0 Å². The third-order valence-electron chi connectivity index (χ3n) is 1.16. The number of rotatable bonds is 7. The summed E-state index contributed by atoms with van der Waals surface area (Å²) in [5.74, 6) is 0.262. The quantitative estimate of drug-likeness (QED) is 0.375. The third kappa shape index (κ3) is 5.22. The van der Waals surface area contributed by atoms with Gasteiger partial charge in [0.05, 0.1) is 13.2 Å². The largest absolute Gasteiger partial charge is 0.530 e. The summed E-state index contributed by atoms with van der Waals surface area (Å²) in [7, 11) is -3.46. The van der Waals surface area contributed by atoms with Crippen LogP contribution in [-0.4, -0.2) is 13.2 Å². The maximum atomic E-state index is 11.7. The molecule has 0 rings (SSSR count). The molecule has 0 aromatic heterocycles. The lowest BCUT2D eigenvalue weighted by Gasteiger charge is -2.16. The fourth-order valence-electron chi connectivity index (χ4n) is 0.766. The van der Waals surface area contributed by atoms with Crippen LogP contribution in [0.1, 0.15) is 20.8 Å². The molecule has 82 valence electrons. The molecule has 0 aliphatic carbocycles. The van der Waals surface area contributed by atoms with Crippen molar-refractivity contribution in [3.63, 3.8) is 0 Å². The van der Waals surface area contributed by atoms with E-state index in [1.807, 2.05) is 0 Å². The van der Waals surface area contributed by atoms with Crippen molar-refractivity contribution in [2.75, 3.05) is 13.2 Å². The van der Waals surface area contributed by atoms with Crippen LogP contribution in [0.15, 0.2) is 24.5 Å². The predicted molar refractivity (Wildman–Crippen MR) is 55.9 cm³/mol. The van der Waals surface area contributed by atoms with Gasteiger partial charge >= 0.3 is 7.82 Å². The Morgan fingerprint density at radius 1 is 1.36 bits per heavy atom. The fraction of sp³-hybridized carbons (Fsp3) is 0.556. The summed E-state index contributed by atoms with van der Waals surface area (Å²) in [4.78, 5) is 0. The molecule has 14 heavy (non-hydrogen) atoms. The first-order valence-electron chi connectivity index (χ1n) is 4.48. The summed E-state index contributed by atoms with van der Waals surface area (Å²) >= 11 is 0. The van der Waals surface area contributed by atoms with Gasteiger partial charge in [-0.05, 0) is 26.8 Å². The minimum Gasteiger partial charge on any atom is -0.405 e. The summed E-state index contributed by atoms with van der Waals surface area (Å²) in [6.07, 6.45) is 3.31. The Hall–Kier alpha value is -0.570. The van der Waals surface area contributed by atoms with E-state index in [2.05, 4.69) is 6.58 Å². The molecule has 0 spiro atoms. The number of hydrogen-bond donors (Lipinski definition) is 0. The second-order valence-corrected chi connectivity index (χ2v) is 3.93. The van der Waals surface area contributed by atoms with Crippen LogP contribution in [0.2, 0.25) is 0 Å². The Balaban J connectivity index is 4.35. The van der Waals surface area contributed by atoms with E-state index in [9.17, 15) is 4.57 Å². The highest BCUT2D eigenvalue weighted by Gasteiger charge is 2.26. The van der Waals surface area contributed by atoms with Crippen LogP contribution in [0.5, 0.6) is 0 Å². The fourth-order valence-corrected chi connectivity index (χ4v) is 1.93. The Morgan fingerprint density at radius 3 is 2.21 bits per heavy atom. The van der Waals surface area contributed by atoms with E-state index in [0.717, 1.165) is 0 Å². The van der Waals surface area contributed by atoms with Crippen LogP contribution in [-0.2, 0) is 18.1 Å². The molecule has 0 unspecified atom stereocenters. The molecule has 0 saturated carbocycles. The van der Waals surface area contributed by atoms with E-state index in [1.165, 1.54) is 0 Å². The van der Waals surface area contributed by atoms with Gasteiger partial charge in [0.25, 0.3) is 0 Å². The molecule has 0 atom stereocenters. The summed E-state index contributed by atoms with van der Waals surface area (Å²) in [5.41, 5.74) is 0. The minimum absolute atomic E-state index is 0.262. The zero-order valence-electron chi connectivity index (χ0n) is 8.86. The number of allylic oxidation sites excluding steroid dienone is 2. The lowest BCUT2D eigenvalue weighted by Crippen LogP contribution is -1.98. The molecule has 0 N–H and O–H groups in total. The molecule has 0 radical (unpaired) electrons. The van der Waals surface area contributed by atoms with Crippen LogP contribution in [0.3, 0.4) is 0 Å². The van der Waals surface area contributed by atoms with Crippen molar-refractivity contribution >= 4 is 7.82 Å². The Bertz CT molecular complexity index is 237. The second kappa shape index (κ2) is 6.82. The Kier molecular flexibility index (Phi) is 6.54. The van der Waals surface area contributed by atoms with Gasteiger partial charge in [-0.2, -0.15) is 0 Å². The standard InChI is InChI=1S/C9H17O4P/c1-5-8-9(4)13-14(10,11-6-2)12-7-3/h5,8H,4,6-7H2,1-3H3. The van der Waals surface area contributed by atoms with Crippen LogP contribution >= 0.6 is 7.82 Å². The summed E-state index contributed by atoms with van der Waals surface area (Å²) < 4.78 is 26.5. The molecule has 0 amide bonds. The monoisotopic (exact) mass is 220 g/mol. The van der Waals surface area contributed by atoms with Gasteiger partial charge in [0.15, 0.2) is 0 Å². The summed E-state index contributed by atoms with van der Waals surface area (Å²) in [6, 6.07) is 0. The van der Waals surface area contributed by atoms with Crippen LogP contribution in [0, 0.1) is 0 Å². The van der Waals surface area contributed by atoms with Crippen molar-refractivity contribution in [2.45, 2.75) is 20.8 Å². The van der Waals surface area contributed by atoms with E-state index in [1.54, 1.807) is 32.9 Å². The Morgan fingerprint density at radius 2 is 1.86 bits per heavy atom. The smallest absolute Gasteiger partial charge is 0.405 e. The molecule has 5 heteroatoms. The molecule has 0 aromatic carbocycles. The second-order valence-electron chi connectivity index (χ2n) is 2.34. The normalized spacial score (nSPS) is 11.9. The molecule has 0 aliphatic heterocycles. The summed E-state index contributed by atoms with van der Waals surface area (Å²) in [6.45, 7) is 9.32. The van der Waals surface area contributed by atoms with Crippen LogP contribution in [0.25, 0.3) is 0 Å². The lowest BCUT2D eigenvalue weighted by molar-refractivity contribution is 0.148. The SMILES string of the molecule is C=C(C=CC)OP(=O)(OCC)OCC. The van der Waals surface area contributed by atoms with Crippen LogP contribution in [0.4, 0.5) is 0 Å². The molecule has 0 fully saturated rings. The van der Waals surface area contributed by atoms with Gasteiger partial charge in [0, 0.05) is 0 Å². The predicted octanol–water partition coefficient (Wildman–Crippen LogP) is 3.27. The van der Waals surface area contributed by atoms with Crippen molar-refractivity contribution in [1.29, 1.82) is 0 Å². The van der Waals surface area contributed by atoms with E-state index in [0.29, 0.717) is 0 Å². The third-order valence-corrected chi connectivity index (χ3v) is 2.76. The van der Waals surface area contributed by atoms with E-state index < -0.39 is 7.82 Å². The maximum absolute atomic E-state index is 11.7. The minimum atomic E-state index is -3.46. The average Bonchev–Trinajstić information content (AvgIpc) is 2.04. The highest BCUT2D eigenvalue weighted by molar-refractivity contribution is 7.48. The van der Waals surface area contributed by atoms with Crippen molar-refractivity contribution < 1.29 is 18.1 Å². The molecular formula is C9H17O4P. The lowest BCUT2D eigenvalue weighted by atomic mass is 10.5. The first-order chi connectivity index (χ1) is 6.58. The zero-order chi connectivity index (χ0) is 11.0. The van der Waals surface area contributed by atoms with Gasteiger partial charge in [0.1, 0.15) is 5.76 Å². The highest BCUT2D eigenvalue weighted by atomic mass is 31.2. The molecule has 0 saturated heterocycles. The van der Waals surface area contributed by atoms with Gasteiger partial charge < -0.3 is 4.52 Å². The Labute approximate surface area is 85.2 Å². The first kappa shape index (κ1) is 13.4. The van der Waals surface area contributed by atoms with E-state index in [-0.39, 0.29) is 19.0 Å². The average molecular weight is 220 g/mol. The topological polar surface area (TPSA) is 44.8 Å². The highest BCUT2D eigenvalue weighted by Crippen LogP contribution is 2.50. The van der Waals surface area contributed by atoms with Gasteiger partial charge in [-0.15, -0.1) is 0 Å². The van der Waals surface area contributed by atoms with Crippen molar-refractivity contribution in [1.82, 2.24) is 0 Å². The molecule has 0 aliphatic rings. The van der Waals surface area contributed by atoms with Crippen LogP contribution < -0.4 is 0 Å². The molecule has 0 aromatic rings. The first-order valence-corrected chi connectivity index (χ1v) is 5.94.